The van der Waals surface area contributed by atoms with Gasteiger partial charge in [-0.25, -0.2) is 0 Å². The summed E-state index contributed by atoms with van der Waals surface area (Å²) in [7, 11) is 2.12. The molecule has 0 unspecified atom stereocenters. The highest BCUT2D eigenvalue weighted by atomic mass is 32.1. The van der Waals surface area contributed by atoms with Crippen LogP contribution in [0.4, 0.5) is 0 Å². The first-order chi connectivity index (χ1) is 7.70. The molecule has 2 heterocycles. The van der Waals surface area contributed by atoms with Crippen molar-refractivity contribution in [3.8, 4) is 0 Å². The minimum Gasteiger partial charge on any atom is -0.351 e. The zero-order valence-electron chi connectivity index (χ0n) is 9.88. The molecular weight excluding hydrogens is 220 g/mol. The molecule has 0 saturated carbocycles. The summed E-state index contributed by atoms with van der Waals surface area (Å²) in [4.78, 5) is 16.3. The van der Waals surface area contributed by atoms with E-state index in [1.165, 1.54) is 10.4 Å². The van der Waals surface area contributed by atoms with E-state index in [4.69, 9.17) is 0 Å². The van der Waals surface area contributed by atoms with Crippen molar-refractivity contribution in [1.82, 2.24) is 10.2 Å². The Morgan fingerprint density at radius 3 is 3.19 bits per heavy atom. The lowest BCUT2D eigenvalue weighted by atomic mass is 10.1. The fourth-order valence-electron chi connectivity index (χ4n) is 1.88. The zero-order chi connectivity index (χ0) is 11.5. The number of fused-ring (bicyclic) bond motifs is 1. The third-order valence-electron chi connectivity index (χ3n) is 2.83. The Balaban J connectivity index is 2.09. The van der Waals surface area contributed by atoms with Gasteiger partial charge in [-0.15, -0.1) is 11.3 Å². The van der Waals surface area contributed by atoms with Crippen LogP contribution < -0.4 is 5.32 Å². The van der Waals surface area contributed by atoms with Crippen LogP contribution in [0.5, 0.6) is 0 Å². The monoisotopic (exact) mass is 238 g/mol. The van der Waals surface area contributed by atoms with Crippen LogP contribution in [0.2, 0.25) is 0 Å². The van der Waals surface area contributed by atoms with Crippen molar-refractivity contribution in [1.29, 1.82) is 0 Å². The molecule has 0 aromatic carbocycles. The third-order valence-corrected chi connectivity index (χ3v) is 3.99. The molecule has 1 aliphatic heterocycles. The summed E-state index contributed by atoms with van der Waals surface area (Å²) in [5.41, 5.74) is 1.37. The molecule has 0 aliphatic carbocycles. The van der Waals surface area contributed by atoms with Gasteiger partial charge in [0.05, 0.1) is 4.88 Å². The Morgan fingerprint density at radius 2 is 2.44 bits per heavy atom. The maximum atomic E-state index is 11.8. The summed E-state index contributed by atoms with van der Waals surface area (Å²) in [6, 6.07) is 2.07. The summed E-state index contributed by atoms with van der Waals surface area (Å²) in [5, 5.41) is 2.93. The number of hydrogen-bond donors (Lipinski definition) is 1. The molecule has 88 valence electrons. The molecule has 16 heavy (non-hydrogen) atoms. The molecule has 1 amide bonds. The number of carbonyl (C=O) groups is 1. The van der Waals surface area contributed by atoms with Gasteiger partial charge in [0.25, 0.3) is 5.91 Å². The molecule has 1 N–H and O–H groups in total. The Bertz CT molecular complexity index is 386. The van der Waals surface area contributed by atoms with Gasteiger partial charge in [-0.2, -0.15) is 0 Å². The number of nitrogens with one attached hydrogen (secondary N) is 1. The second-order valence-electron chi connectivity index (χ2n) is 4.30. The van der Waals surface area contributed by atoms with Gasteiger partial charge < -0.3 is 10.2 Å². The van der Waals surface area contributed by atoms with E-state index in [-0.39, 0.29) is 5.91 Å². The van der Waals surface area contributed by atoms with Crippen LogP contribution >= 0.6 is 11.3 Å². The van der Waals surface area contributed by atoms with E-state index < -0.39 is 0 Å². The molecular formula is C12H18N2OS. The Kier molecular flexibility index (Phi) is 3.61. The van der Waals surface area contributed by atoms with Crippen LogP contribution in [-0.2, 0) is 13.0 Å². The van der Waals surface area contributed by atoms with Gasteiger partial charge in [0.1, 0.15) is 0 Å². The fourth-order valence-corrected chi connectivity index (χ4v) is 3.09. The van der Waals surface area contributed by atoms with Gasteiger partial charge in [0, 0.05) is 24.5 Å². The lowest BCUT2D eigenvalue weighted by Crippen LogP contribution is -2.24. The molecule has 0 radical (unpaired) electrons. The highest BCUT2D eigenvalue weighted by Gasteiger charge is 2.19. The molecule has 0 bridgehead atoms. The summed E-state index contributed by atoms with van der Waals surface area (Å²) in [6.45, 7) is 4.91. The van der Waals surface area contributed by atoms with Gasteiger partial charge in [-0.1, -0.05) is 6.92 Å². The predicted molar refractivity (Wildman–Crippen MR) is 67.0 cm³/mol. The van der Waals surface area contributed by atoms with Crippen LogP contribution in [-0.4, -0.2) is 30.9 Å². The minimum atomic E-state index is 0.0869. The van der Waals surface area contributed by atoms with Gasteiger partial charge >= 0.3 is 0 Å². The normalized spacial score (nSPS) is 15.9. The van der Waals surface area contributed by atoms with Gasteiger partial charge in [0.15, 0.2) is 0 Å². The van der Waals surface area contributed by atoms with E-state index in [0.717, 1.165) is 37.4 Å². The summed E-state index contributed by atoms with van der Waals surface area (Å²) in [5.74, 6) is 0.0869. The summed E-state index contributed by atoms with van der Waals surface area (Å²) >= 11 is 1.64. The van der Waals surface area contributed by atoms with Crippen molar-refractivity contribution in [2.75, 3.05) is 20.1 Å². The molecule has 0 saturated heterocycles. The number of hydrogen-bond acceptors (Lipinski definition) is 3. The Hall–Kier alpha value is -0.870. The van der Waals surface area contributed by atoms with E-state index >= 15 is 0 Å². The van der Waals surface area contributed by atoms with Crippen molar-refractivity contribution >= 4 is 17.2 Å². The van der Waals surface area contributed by atoms with Crippen LogP contribution in [0.25, 0.3) is 0 Å². The highest BCUT2D eigenvalue weighted by molar-refractivity contribution is 7.14. The lowest BCUT2D eigenvalue weighted by molar-refractivity contribution is 0.0957. The van der Waals surface area contributed by atoms with E-state index in [0.29, 0.717) is 0 Å². The van der Waals surface area contributed by atoms with Crippen molar-refractivity contribution < 1.29 is 4.79 Å². The third kappa shape index (κ3) is 2.44. The molecule has 0 spiro atoms. The summed E-state index contributed by atoms with van der Waals surface area (Å²) < 4.78 is 0. The molecule has 2 rings (SSSR count). The first-order valence-corrected chi connectivity index (χ1v) is 6.60. The van der Waals surface area contributed by atoms with E-state index in [9.17, 15) is 4.79 Å². The molecule has 0 atom stereocenters. The Morgan fingerprint density at radius 1 is 1.62 bits per heavy atom. The molecule has 4 heteroatoms. The first-order valence-electron chi connectivity index (χ1n) is 5.79. The van der Waals surface area contributed by atoms with Crippen LogP contribution in [0.15, 0.2) is 6.07 Å². The predicted octanol–water partition coefficient (Wildman–Crippen LogP) is 1.88. The zero-order valence-corrected chi connectivity index (χ0v) is 10.7. The van der Waals surface area contributed by atoms with Crippen molar-refractivity contribution in [2.45, 2.75) is 26.3 Å². The van der Waals surface area contributed by atoms with Gasteiger partial charge in [0.2, 0.25) is 0 Å². The lowest BCUT2D eigenvalue weighted by Gasteiger charge is -2.21. The van der Waals surface area contributed by atoms with E-state index in [2.05, 4.69) is 30.3 Å². The van der Waals surface area contributed by atoms with Gasteiger partial charge in [-0.05, 0) is 31.5 Å². The average Bonchev–Trinajstić information content (AvgIpc) is 2.68. The molecule has 0 fully saturated rings. The van der Waals surface area contributed by atoms with Crippen LogP contribution in [0.3, 0.4) is 0 Å². The van der Waals surface area contributed by atoms with E-state index in [1.807, 2.05) is 0 Å². The second kappa shape index (κ2) is 4.97. The highest BCUT2D eigenvalue weighted by Crippen LogP contribution is 2.27. The van der Waals surface area contributed by atoms with Crippen LogP contribution in [0.1, 0.15) is 33.5 Å². The second-order valence-corrected chi connectivity index (χ2v) is 5.44. The molecule has 1 aromatic rings. The van der Waals surface area contributed by atoms with Crippen molar-refractivity contribution in [3.05, 3.63) is 21.4 Å². The standard InChI is InChI=1S/C12H18N2OS/c1-3-5-13-12(15)10-7-9-4-6-14(2)8-11(9)16-10/h7H,3-6,8H2,1-2H3,(H,13,15). The molecule has 1 aliphatic rings. The number of carbonyl (C=O) groups excluding carboxylic acids is 1. The van der Waals surface area contributed by atoms with Crippen molar-refractivity contribution in [3.63, 3.8) is 0 Å². The smallest absolute Gasteiger partial charge is 0.261 e. The number of thiophene rings is 1. The number of likely N-dealkylation sites (N-methyl/N-ethyl adjacent to an activating group) is 1. The average molecular weight is 238 g/mol. The Labute approximate surface area is 100 Å². The largest absolute Gasteiger partial charge is 0.351 e. The first kappa shape index (κ1) is 11.6. The topological polar surface area (TPSA) is 32.3 Å². The maximum Gasteiger partial charge on any atom is 0.261 e. The van der Waals surface area contributed by atoms with Gasteiger partial charge in [-0.3, -0.25) is 4.79 Å². The number of rotatable bonds is 3. The fraction of sp³-hybridized carbons (Fsp3) is 0.583. The quantitative estimate of drug-likeness (QED) is 0.872. The number of nitrogens with zero attached hydrogens (tertiary/aromatic N) is 1. The molecule has 3 nitrogen and oxygen atoms in total. The number of amides is 1. The maximum absolute atomic E-state index is 11.8. The SMILES string of the molecule is CCCNC(=O)c1cc2c(s1)CN(C)CC2. The summed E-state index contributed by atoms with van der Waals surface area (Å²) in [6.07, 6.45) is 2.06. The molecule has 1 aromatic heterocycles. The van der Waals surface area contributed by atoms with E-state index in [1.54, 1.807) is 11.3 Å². The van der Waals surface area contributed by atoms with Crippen LogP contribution in [0, 0.1) is 0 Å². The minimum absolute atomic E-state index is 0.0869. The van der Waals surface area contributed by atoms with Crippen molar-refractivity contribution in [2.24, 2.45) is 0 Å².